The van der Waals surface area contributed by atoms with Gasteiger partial charge in [0.05, 0.1) is 11.8 Å². The van der Waals surface area contributed by atoms with Crippen molar-refractivity contribution >= 4 is 12.1 Å². The molecule has 0 saturated heterocycles. The first-order valence-electron chi connectivity index (χ1n) is 11.1. The first kappa shape index (κ1) is 24.6. The van der Waals surface area contributed by atoms with Crippen LogP contribution in [0.15, 0.2) is 63.8 Å². The number of aromatic nitrogens is 4. The second kappa shape index (κ2) is 9.61. The quantitative estimate of drug-likeness (QED) is 0.378. The van der Waals surface area contributed by atoms with Gasteiger partial charge in [-0.3, -0.25) is 0 Å². The number of oxazole rings is 1. The van der Waals surface area contributed by atoms with E-state index >= 15 is 0 Å². The number of pyridine rings is 1. The Morgan fingerprint density at radius 2 is 1.72 bits per heavy atom. The van der Waals surface area contributed by atoms with Gasteiger partial charge >= 0.3 is 12.1 Å². The first-order chi connectivity index (χ1) is 17.0. The summed E-state index contributed by atoms with van der Waals surface area (Å²) in [6, 6.07) is 12.1. The first-order valence-corrected chi connectivity index (χ1v) is 11.1. The largest absolute Gasteiger partial charge is 0.478 e. The lowest BCUT2D eigenvalue weighted by molar-refractivity contribution is 0.0443. The number of aromatic carboxylic acids is 1. The van der Waals surface area contributed by atoms with Crippen molar-refractivity contribution in [3.05, 3.63) is 71.9 Å². The minimum absolute atomic E-state index is 0.0359. The number of benzene rings is 1. The average Bonchev–Trinajstić information content (AvgIpc) is 3.51. The van der Waals surface area contributed by atoms with E-state index in [4.69, 9.17) is 13.6 Å². The van der Waals surface area contributed by atoms with Crippen molar-refractivity contribution in [2.24, 2.45) is 0 Å². The summed E-state index contributed by atoms with van der Waals surface area (Å²) in [6.07, 6.45) is 2.44. The molecule has 11 heteroatoms. The smallest absolute Gasteiger partial charge is 0.408 e. The van der Waals surface area contributed by atoms with E-state index < -0.39 is 23.2 Å². The third kappa shape index (κ3) is 5.74. The monoisotopic (exact) mass is 491 g/mol. The van der Waals surface area contributed by atoms with Gasteiger partial charge in [0, 0.05) is 6.42 Å². The van der Waals surface area contributed by atoms with Crippen LogP contribution < -0.4 is 5.32 Å². The highest BCUT2D eigenvalue weighted by molar-refractivity contribution is 5.89. The van der Waals surface area contributed by atoms with Crippen LogP contribution in [0.1, 0.15) is 49.5 Å². The van der Waals surface area contributed by atoms with Gasteiger partial charge in [0.1, 0.15) is 28.8 Å². The molecule has 0 fully saturated rings. The molecule has 36 heavy (non-hydrogen) atoms. The summed E-state index contributed by atoms with van der Waals surface area (Å²) in [5, 5.41) is 20.7. The minimum atomic E-state index is -1.17. The summed E-state index contributed by atoms with van der Waals surface area (Å²) < 4.78 is 16.7. The lowest BCUT2D eigenvalue weighted by atomic mass is 9.92. The van der Waals surface area contributed by atoms with Crippen LogP contribution in [0.5, 0.6) is 0 Å². The van der Waals surface area contributed by atoms with Crippen molar-refractivity contribution in [1.82, 2.24) is 25.5 Å². The van der Waals surface area contributed by atoms with Gasteiger partial charge in [-0.1, -0.05) is 30.3 Å². The molecule has 0 radical (unpaired) electrons. The molecular weight excluding hydrogens is 466 g/mol. The van der Waals surface area contributed by atoms with Crippen molar-refractivity contribution in [3.8, 4) is 23.2 Å². The van der Waals surface area contributed by atoms with Gasteiger partial charge in [0.25, 0.3) is 5.89 Å². The highest BCUT2D eigenvalue weighted by Gasteiger charge is 2.37. The Morgan fingerprint density at radius 3 is 2.33 bits per heavy atom. The molecule has 0 saturated carbocycles. The molecule has 186 valence electrons. The predicted octanol–water partition coefficient (Wildman–Crippen LogP) is 4.47. The van der Waals surface area contributed by atoms with Crippen LogP contribution in [-0.2, 0) is 16.7 Å². The summed E-state index contributed by atoms with van der Waals surface area (Å²) in [5.74, 6) is -0.982. The van der Waals surface area contributed by atoms with Crippen LogP contribution in [0.4, 0.5) is 4.79 Å². The van der Waals surface area contributed by atoms with Crippen LogP contribution in [0.25, 0.3) is 23.2 Å². The summed E-state index contributed by atoms with van der Waals surface area (Å²) in [6.45, 7) is 7.02. The third-order valence-electron chi connectivity index (χ3n) is 5.02. The van der Waals surface area contributed by atoms with Gasteiger partial charge in [-0.2, -0.15) is 0 Å². The maximum absolute atomic E-state index is 12.7. The van der Waals surface area contributed by atoms with Crippen LogP contribution in [0.2, 0.25) is 0 Å². The molecule has 3 aromatic heterocycles. The summed E-state index contributed by atoms with van der Waals surface area (Å²) in [5.41, 5.74) is -0.713. The molecule has 1 atom stereocenters. The van der Waals surface area contributed by atoms with Crippen LogP contribution in [0.3, 0.4) is 0 Å². The molecule has 3 heterocycles. The molecule has 0 aliphatic carbocycles. The Labute approximate surface area is 206 Å². The van der Waals surface area contributed by atoms with E-state index in [0.29, 0.717) is 6.42 Å². The van der Waals surface area contributed by atoms with Crippen molar-refractivity contribution in [2.75, 3.05) is 0 Å². The highest BCUT2D eigenvalue weighted by atomic mass is 16.6. The molecule has 0 spiro atoms. The van der Waals surface area contributed by atoms with Crippen molar-refractivity contribution < 1.29 is 28.3 Å². The van der Waals surface area contributed by atoms with Gasteiger partial charge < -0.3 is 24.0 Å². The van der Waals surface area contributed by atoms with E-state index in [0.717, 1.165) is 5.56 Å². The Balaban J connectivity index is 1.72. The molecule has 1 aromatic carbocycles. The van der Waals surface area contributed by atoms with E-state index in [1.54, 1.807) is 27.7 Å². The van der Waals surface area contributed by atoms with Gasteiger partial charge in [0.2, 0.25) is 11.8 Å². The van der Waals surface area contributed by atoms with Crippen molar-refractivity contribution in [3.63, 3.8) is 0 Å². The zero-order valence-corrected chi connectivity index (χ0v) is 20.2. The SMILES string of the molecule is CC(C)(C)OC(=O)NC(C)(Cc1ccccc1)c1nnc(-c2cc(C(=O)O)cc(-c3ncco3)n2)o1. The molecule has 0 aliphatic rings. The van der Waals surface area contributed by atoms with Crippen molar-refractivity contribution in [2.45, 2.75) is 45.3 Å². The fourth-order valence-corrected chi connectivity index (χ4v) is 3.48. The fourth-order valence-electron chi connectivity index (χ4n) is 3.48. The normalized spacial score (nSPS) is 13.1. The molecule has 4 aromatic rings. The molecule has 0 bridgehead atoms. The predicted molar refractivity (Wildman–Crippen MR) is 127 cm³/mol. The van der Waals surface area contributed by atoms with E-state index in [1.807, 2.05) is 30.3 Å². The average molecular weight is 492 g/mol. The number of carboxylic acid groups (broad SMARTS) is 1. The number of carbonyl (C=O) groups excluding carboxylic acids is 1. The third-order valence-corrected chi connectivity index (χ3v) is 5.02. The zero-order chi connectivity index (χ0) is 25.9. The van der Waals surface area contributed by atoms with E-state index in [1.165, 1.54) is 24.6 Å². The second-order valence-corrected chi connectivity index (χ2v) is 9.30. The summed E-state index contributed by atoms with van der Waals surface area (Å²) >= 11 is 0. The van der Waals surface area contributed by atoms with Gasteiger partial charge in [-0.15, -0.1) is 10.2 Å². The molecule has 4 rings (SSSR count). The number of rotatable bonds is 7. The number of nitrogens with one attached hydrogen (secondary N) is 1. The Morgan fingerprint density at radius 1 is 1.03 bits per heavy atom. The minimum Gasteiger partial charge on any atom is -0.478 e. The molecule has 1 unspecified atom stereocenters. The standard InChI is InChI=1S/C25H25N5O6/c1-24(2,3)36-23(33)28-25(4,14-15-8-6-5-7-9-15)22-30-29-20(35-22)18-13-16(21(31)32)12-17(27-18)19-26-10-11-34-19/h5-13H,14H2,1-4H3,(H,28,33)(H,31,32). The Hall–Kier alpha value is -4.54. The van der Waals surface area contributed by atoms with Crippen LogP contribution in [-0.4, -0.2) is 42.9 Å². The number of ether oxygens (including phenoxy) is 1. The molecule has 1 amide bonds. The number of carbonyl (C=O) groups is 2. The van der Waals surface area contributed by atoms with E-state index in [9.17, 15) is 14.7 Å². The van der Waals surface area contributed by atoms with Gasteiger partial charge in [-0.25, -0.2) is 19.6 Å². The van der Waals surface area contributed by atoms with Crippen LogP contribution >= 0.6 is 0 Å². The summed E-state index contributed by atoms with van der Waals surface area (Å²) in [4.78, 5) is 32.8. The number of amides is 1. The molecule has 0 aliphatic heterocycles. The molecule has 11 nitrogen and oxygen atoms in total. The second-order valence-electron chi connectivity index (χ2n) is 9.30. The number of nitrogens with zero attached hydrogens (tertiary/aromatic N) is 4. The Bertz CT molecular complexity index is 1360. The topological polar surface area (TPSA) is 153 Å². The number of carboxylic acids is 1. The lowest BCUT2D eigenvalue weighted by Gasteiger charge is -2.29. The fraction of sp³-hybridized carbons (Fsp3) is 0.280. The number of hydrogen-bond acceptors (Lipinski definition) is 9. The highest BCUT2D eigenvalue weighted by Crippen LogP contribution is 2.29. The van der Waals surface area contributed by atoms with Gasteiger partial charge in [0.15, 0.2) is 0 Å². The summed E-state index contributed by atoms with van der Waals surface area (Å²) in [7, 11) is 0. The number of hydrogen-bond donors (Lipinski definition) is 2. The maximum atomic E-state index is 12.7. The van der Waals surface area contributed by atoms with E-state index in [2.05, 4.69) is 25.5 Å². The maximum Gasteiger partial charge on any atom is 0.408 e. The Kier molecular flexibility index (Phi) is 6.56. The van der Waals surface area contributed by atoms with E-state index in [-0.39, 0.29) is 34.6 Å². The van der Waals surface area contributed by atoms with Gasteiger partial charge in [-0.05, 0) is 45.4 Å². The molecule has 2 N–H and O–H groups in total. The zero-order valence-electron chi connectivity index (χ0n) is 20.2. The van der Waals surface area contributed by atoms with Crippen LogP contribution in [0, 0.1) is 0 Å². The van der Waals surface area contributed by atoms with Crippen molar-refractivity contribution in [1.29, 1.82) is 0 Å². The lowest BCUT2D eigenvalue weighted by Crippen LogP contribution is -2.47. The number of alkyl carbamates (subject to hydrolysis) is 1. The molecular formula is C25H25N5O6.